The van der Waals surface area contributed by atoms with Crippen LogP contribution in [0.2, 0.25) is 0 Å². The lowest BCUT2D eigenvalue weighted by molar-refractivity contribution is -0.140. The number of carbonyl (C=O) groups is 2. The number of fused-ring (bicyclic) bond motifs is 1. The summed E-state index contributed by atoms with van der Waals surface area (Å²) in [7, 11) is -3.90. The van der Waals surface area contributed by atoms with Crippen LogP contribution in [0, 0.1) is 0 Å². The normalized spacial score (nSPS) is 14.0. The number of carbonyl (C=O) groups excluding carboxylic acids is 2. The van der Waals surface area contributed by atoms with Gasteiger partial charge in [-0.2, -0.15) is 0 Å². The first-order valence-corrected chi connectivity index (χ1v) is 16.4. The Hall–Kier alpha value is -3.57. The highest BCUT2D eigenvalue weighted by Crippen LogP contribution is 2.35. The summed E-state index contributed by atoms with van der Waals surface area (Å²) < 4.78 is 39.2. The van der Waals surface area contributed by atoms with Gasteiger partial charge in [0.2, 0.25) is 21.8 Å². The van der Waals surface area contributed by atoms with E-state index in [4.69, 9.17) is 9.47 Å². The van der Waals surface area contributed by atoms with Gasteiger partial charge in [-0.25, -0.2) is 8.42 Å². The van der Waals surface area contributed by atoms with Gasteiger partial charge in [0.15, 0.2) is 11.5 Å². The van der Waals surface area contributed by atoms with Crippen molar-refractivity contribution in [1.29, 1.82) is 0 Å². The van der Waals surface area contributed by atoms with Crippen molar-refractivity contribution in [3.63, 3.8) is 0 Å². The molecule has 1 aliphatic heterocycles. The van der Waals surface area contributed by atoms with E-state index < -0.39 is 28.5 Å². The molecule has 3 aromatic carbocycles. The third-order valence-corrected chi connectivity index (χ3v) is 8.70. The highest BCUT2D eigenvalue weighted by Gasteiger charge is 2.33. The van der Waals surface area contributed by atoms with Gasteiger partial charge in [-0.05, 0) is 48.7 Å². The molecule has 1 heterocycles. The smallest absolute Gasteiger partial charge is 0.244 e. The summed E-state index contributed by atoms with van der Waals surface area (Å²) in [6.45, 7) is 4.22. The number of amides is 2. The summed E-state index contributed by atoms with van der Waals surface area (Å²) in [4.78, 5) is 29.4. The number of hydrogen-bond donors (Lipinski definition) is 1. The van der Waals surface area contributed by atoms with Crippen LogP contribution in [0.4, 0.5) is 5.69 Å². The minimum atomic E-state index is -3.90. The molecule has 9 nitrogen and oxygen atoms in total. The monoisotopic (exact) mass is 657 g/mol. The fraction of sp³-hybridized carbons (Fsp3) is 0.355. The van der Waals surface area contributed by atoms with Gasteiger partial charge in [-0.3, -0.25) is 13.9 Å². The molecule has 0 aliphatic carbocycles. The molecule has 224 valence electrons. The van der Waals surface area contributed by atoms with E-state index in [1.165, 1.54) is 4.90 Å². The first-order valence-electron chi connectivity index (χ1n) is 13.8. The van der Waals surface area contributed by atoms with Crippen LogP contribution in [0.15, 0.2) is 77.3 Å². The van der Waals surface area contributed by atoms with Crippen molar-refractivity contribution in [3.8, 4) is 11.5 Å². The molecule has 0 saturated carbocycles. The van der Waals surface area contributed by atoms with Crippen LogP contribution >= 0.6 is 15.9 Å². The molecular formula is C31H36BrN3O6S. The van der Waals surface area contributed by atoms with Crippen molar-refractivity contribution in [1.82, 2.24) is 10.2 Å². The van der Waals surface area contributed by atoms with Crippen LogP contribution in [0.1, 0.15) is 31.4 Å². The number of halogens is 1. The van der Waals surface area contributed by atoms with Crippen molar-refractivity contribution >= 4 is 43.5 Å². The number of ether oxygens (including phenoxy) is 2. The van der Waals surface area contributed by atoms with Crippen LogP contribution in [0.3, 0.4) is 0 Å². The van der Waals surface area contributed by atoms with E-state index in [9.17, 15) is 18.0 Å². The summed E-state index contributed by atoms with van der Waals surface area (Å²) in [6.07, 6.45) is 2.03. The number of anilines is 1. The minimum absolute atomic E-state index is 0.106. The van der Waals surface area contributed by atoms with E-state index >= 15 is 0 Å². The number of rotatable bonds is 12. The van der Waals surface area contributed by atoms with Crippen molar-refractivity contribution in [2.24, 2.45) is 0 Å². The summed E-state index contributed by atoms with van der Waals surface area (Å²) >= 11 is 3.44. The Balaban J connectivity index is 1.73. The van der Waals surface area contributed by atoms with Gasteiger partial charge in [-0.15, -0.1) is 0 Å². The summed E-state index contributed by atoms with van der Waals surface area (Å²) in [5.74, 6) is 0.0927. The second-order valence-corrected chi connectivity index (χ2v) is 13.1. The molecule has 2 atom stereocenters. The molecule has 3 aromatic rings. The van der Waals surface area contributed by atoms with Gasteiger partial charge >= 0.3 is 0 Å². The third kappa shape index (κ3) is 8.25. The molecular weight excluding hydrogens is 622 g/mol. The molecule has 0 bridgehead atoms. The highest BCUT2D eigenvalue weighted by atomic mass is 79.9. The molecule has 2 unspecified atom stereocenters. The molecule has 11 heteroatoms. The van der Waals surface area contributed by atoms with Gasteiger partial charge < -0.3 is 19.7 Å². The lowest BCUT2D eigenvalue weighted by Crippen LogP contribution is -2.54. The molecule has 42 heavy (non-hydrogen) atoms. The maximum atomic E-state index is 14.2. The zero-order chi connectivity index (χ0) is 30.3. The Labute approximate surface area is 256 Å². The number of nitrogens with zero attached hydrogens (tertiary/aromatic N) is 2. The number of nitrogens with one attached hydrogen (secondary N) is 1. The predicted molar refractivity (Wildman–Crippen MR) is 166 cm³/mol. The molecule has 0 fully saturated rings. The van der Waals surface area contributed by atoms with Crippen molar-refractivity contribution in [2.75, 3.05) is 30.3 Å². The van der Waals surface area contributed by atoms with Crippen LogP contribution in [-0.4, -0.2) is 63.2 Å². The van der Waals surface area contributed by atoms with E-state index in [2.05, 4.69) is 21.2 Å². The van der Waals surface area contributed by atoms with E-state index in [-0.39, 0.29) is 30.6 Å². The quantitative estimate of drug-likeness (QED) is 0.307. The van der Waals surface area contributed by atoms with Crippen molar-refractivity contribution in [2.45, 2.75) is 45.3 Å². The molecule has 0 spiro atoms. The number of hydrogen-bond acceptors (Lipinski definition) is 6. The van der Waals surface area contributed by atoms with Crippen LogP contribution in [0.5, 0.6) is 11.5 Å². The molecule has 1 N–H and O–H groups in total. The predicted octanol–water partition coefficient (Wildman–Crippen LogP) is 4.54. The maximum absolute atomic E-state index is 14.2. The van der Waals surface area contributed by atoms with Gasteiger partial charge in [0.25, 0.3) is 0 Å². The zero-order valence-electron chi connectivity index (χ0n) is 24.0. The minimum Gasteiger partial charge on any atom is -0.486 e. The highest BCUT2D eigenvalue weighted by molar-refractivity contribution is 9.10. The maximum Gasteiger partial charge on any atom is 0.244 e. The van der Waals surface area contributed by atoms with E-state index in [1.54, 1.807) is 18.2 Å². The summed E-state index contributed by atoms with van der Waals surface area (Å²) in [5.41, 5.74) is 1.94. The molecule has 0 saturated heterocycles. The molecule has 0 aromatic heterocycles. The van der Waals surface area contributed by atoms with Crippen LogP contribution in [-0.2, 0) is 32.6 Å². The Morgan fingerprint density at radius 1 is 0.952 bits per heavy atom. The fourth-order valence-corrected chi connectivity index (χ4v) is 5.69. The fourth-order valence-electron chi connectivity index (χ4n) is 4.58. The van der Waals surface area contributed by atoms with Gasteiger partial charge in [-0.1, -0.05) is 65.3 Å². The Kier molecular flexibility index (Phi) is 10.5. The summed E-state index contributed by atoms with van der Waals surface area (Å²) in [5, 5.41) is 3.03. The Morgan fingerprint density at radius 2 is 1.62 bits per heavy atom. The van der Waals surface area contributed by atoms with E-state index in [1.807, 2.05) is 68.4 Å². The topological polar surface area (TPSA) is 105 Å². The van der Waals surface area contributed by atoms with Gasteiger partial charge in [0.05, 0.1) is 11.9 Å². The SMILES string of the molecule is CCC(C)NC(=O)C(Cc1ccccc1)N(Cc1ccc(Br)cc1)C(=O)CN(c1ccc2c(c1)OCCO2)S(C)(=O)=O. The number of sulfonamides is 1. The lowest BCUT2D eigenvalue weighted by Gasteiger charge is -2.34. The second kappa shape index (κ2) is 14.1. The summed E-state index contributed by atoms with van der Waals surface area (Å²) in [6, 6.07) is 20.7. The molecule has 2 amide bonds. The van der Waals surface area contributed by atoms with Crippen LogP contribution in [0.25, 0.3) is 0 Å². The van der Waals surface area contributed by atoms with Gasteiger partial charge in [0.1, 0.15) is 25.8 Å². The average Bonchev–Trinajstić information content (AvgIpc) is 2.98. The molecule has 4 rings (SSSR count). The first kappa shape index (κ1) is 31.4. The second-order valence-electron chi connectivity index (χ2n) is 10.3. The van der Waals surface area contributed by atoms with Gasteiger partial charge in [0, 0.05) is 29.5 Å². The zero-order valence-corrected chi connectivity index (χ0v) is 26.4. The van der Waals surface area contributed by atoms with E-state index in [0.29, 0.717) is 24.7 Å². The lowest BCUT2D eigenvalue weighted by atomic mass is 10.0. The molecule has 0 radical (unpaired) electrons. The van der Waals surface area contributed by atoms with Crippen molar-refractivity contribution < 1.29 is 27.5 Å². The molecule has 1 aliphatic rings. The average molecular weight is 659 g/mol. The van der Waals surface area contributed by atoms with E-state index in [0.717, 1.165) is 32.6 Å². The Morgan fingerprint density at radius 3 is 2.26 bits per heavy atom. The third-order valence-electron chi connectivity index (χ3n) is 7.03. The van der Waals surface area contributed by atoms with Crippen molar-refractivity contribution in [3.05, 3.63) is 88.4 Å². The number of benzene rings is 3. The largest absolute Gasteiger partial charge is 0.486 e. The Bertz CT molecular complexity index is 1480. The standard InChI is InChI=1S/C31H36BrN3O6S/c1-4-22(2)33-31(37)27(18-23-8-6-5-7-9-23)34(20-24-10-12-25(32)13-11-24)30(36)21-35(42(3,38)39)26-14-15-28-29(19-26)41-17-16-40-28/h5-15,19,22,27H,4,16-18,20-21H2,1-3H3,(H,33,37). The first-order chi connectivity index (χ1) is 20.0. The van der Waals surface area contributed by atoms with Crippen LogP contribution < -0.4 is 19.1 Å².